The normalized spacial score (nSPS) is 13.6. The SMILES string of the molecule is COc1cc(C2C(C#N)=C(N)Oc3cc(OC(=O)COc4ccccc4[N+](=O)[O-])ccc32)ccc1OCc1ccccc1F. The van der Waals surface area contributed by atoms with Gasteiger partial charge in [0.25, 0.3) is 0 Å². The number of nitrogens with zero attached hydrogens (tertiary/aromatic N) is 2. The fraction of sp³-hybridized carbons (Fsp3) is 0.125. The molecule has 0 aromatic heterocycles. The van der Waals surface area contributed by atoms with Gasteiger partial charge in [-0.1, -0.05) is 42.5 Å². The highest BCUT2D eigenvalue weighted by Crippen LogP contribution is 2.45. The average molecular weight is 598 g/mol. The number of benzene rings is 4. The molecule has 12 heteroatoms. The Morgan fingerprint density at radius 1 is 1.02 bits per heavy atom. The topological polar surface area (TPSA) is 156 Å². The molecule has 222 valence electrons. The number of esters is 1. The molecule has 4 aromatic rings. The number of nitro groups is 1. The van der Waals surface area contributed by atoms with Gasteiger partial charge >= 0.3 is 11.7 Å². The largest absolute Gasteiger partial charge is 0.493 e. The smallest absolute Gasteiger partial charge is 0.349 e. The number of rotatable bonds is 10. The van der Waals surface area contributed by atoms with Crippen molar-refractivity contribution in [3.8, 4) is 34.8 Å². The van der Waals surface area contributed by atoms with E-state index in [-0.39, 0.29) is 46.8 Å². The van der Waals surface area contributed by atoms with Gasteiger partial charge in [-0.3, -0.25) is 10.1 Å². The summed E-state index contributed by atoms with van der Waals surface area (Å²) in [6.45, 7) is -0.606. The Morgan fingerprint density at radius 3 is 2.55 bits per heavy atom. The first-order valence-electron chi connectivity index (χ1n) is 13.1. The van der Waals surface area contributed by atoms with Crippen molar-refractivity contribution in [1.82, 2.24) is 0 Å². The van der Waals surface area contributed by atoms with Gasteiger partial charge in [0.1, 0.15) is 35.6 Å². The Labute approximate surface area is 250 Å². The van der Waals surface area contributed by atoms with Gasteiger partial charge in [0, 0.05) is 23.3 Å². The summed E-state index contributed by atoms with van der Waals surface area (Å²) in [5.74, 6) is -1.01. The van der Waals surface area contributed by atoms with Crippen LogP contribution in [-0.2, 0) is 11.4 Å². The van der Waals surface area contributed by atoms with Gasteiger partial charge in [-0.2, -0.15) is 5.26 Å². The Morgan fingerprint density at radius 2 is 1.80 bits per heavy atom. The van der Waals surface area contributed by atoms with Gasteiger partial charge in [-0.15, -0.1) is 0 Å². The molecule has 1 unspecified atom stereocenters. The van der Waals surface area contributed by atoms with E-state index >= 15 is 0 Å². The number of nitriles is 1. The molecule has 0 saturated heterocycles. The van der Waals surface area contributed by atoms with Crippen LogP contribution in [0, 0.1) is 27.3 Å². The number of fused-ring (bicyclic) bond motifs is 1. The highest BCUT2D eigenvalue weighted by Gasteiger charge is 2.32. The standard InChI is InChI=1S/C32H24FN3O8/c1-40-29-14-19(10-13-27(29)41-17-20-6-2-3-7-24(20)33)31-22-12-11-21(15-28(22)44-32(35)23(31)16-34)43-30(37)18-42-26-9-5-4-8-25(26)36(38)39/h2-15,31H,17-18,35H2,1H3. The molecule has 2 N–H and O–H groups in total. The summed E-state index contributed by atoms with van der Waals surface area (Å²) in [5, 5.41) is 21.1. The zero-order valence-corrected chi connectivity index (χ0v) is 23.2. The lowest BCUT2D eigenvalue weighted by Crippen LogP contribution is -2.22. The average Bonchev–Trinajstić information content (AvgIpc) is 3.02. The third kappa shape index (κ3) is 6.22. The Kier molecular flexibility index (Phi) is 8.57. The molecule has 1 aliphatic rings. The van der Waals surface area contributed by atoms with Crippen LogP contribution in [0.2, 0.25) is 0 Å². The Balaban J connectivity index is 1.36. The molecule has 0 spiro atoms. The minimum Gasteiger partial charge on any atom is -0.493 e. The van der Waals surface area contributed by atoms with E-state index in [0.29, 0.717) is 28.2 Å². The molecule has 0 aliphatic carbocycles. The van der Waals surface area contributed by atoms with Crippen LogP contribution >= 0.6 is 0 Å². The molecule has 4 aromatic carbocycles. The molecule has 5 rings (SSSR count). The van der Waals surface area contributed by atoms with Crippen LogP contribution in [0.3, 0.4) is 0 Å². The third-order valence-corrected chi connectivity index (χ3v) is 6.69. The third-order valence-electron chi connectivity index (χ3n) is 6.69. The summed E-state index contributed by atoms with van der Waals surface area (Å²) < 4.78 is 41.8. The summed E-state index contributed by atoms with van der Waals surface area (Å²) in [5.41, 5.74) is 7.56. The number of carbonyl (C=O) groups is 1. The zero-order valence-electron chi connectivity index (χ0n) is 23.2. The number of nitrogens with two attached hydrogens (primary N) is 1. The first-order chi connectivity index (χ1) is 21.3. The molecule has 44 heavy (non-hydrogen) atoms. The molecule has 11 nitrogen and oxygen atoms in total. The molecule has 1 aliphatic heterocycles. The van der Waals surface area contributed by atoms with Crippen LogP contribution in [0.15, 0.2) is 96.4 Å². The molecule has 1 heterocycles. The highest BCUT2D eigenvalue weighted by molar-refractivity contribution is 5.74. The Hall–Kier alpha value is -6.09. The van der Waals surface area contributed by atoms with Gasteiger partial charge in [-0.25, -0.2) is 9.18 Å². The molecule has 0 bridgehead atoms. The number of hydrogen-bond acceptors (Lipinski definition) is 10. The second kappa shape index (κ2) is 12.8. The van der Waals surface area contributed by atoms with Gasteiger partial charge in [0.2, 0.25) is 5.88 Å². The maximum absolute atomic E-state index is 14.1. The first kappa shape index (κ1) is 29.4. The molecule has 0 saturated carbocycles. The quantitative estimate of drug-likeness (QED) is 0.107. The lowest BCUT2D eigenvalue weighted by molar-refractivity contribution is -0.385. The van der Waals surface area contributed by atoms with Crippen molar-refractivity contribution in [3.63, 3.8) is 0 Å². The summed E-state index contributed by atoms with van der Waals surface area (Å²) in [7, 11) is 1.46. The molecule has 0 fully saturated rings. The van der Waals surface area contributed by atoms with Crippen molar-refractivity contribution in [3.05, 3.63) is 129 Å². The van der Waals surface area contributed by atoms with Gasteiger partial charge in [0.05, 0.1) is 18.0 Å². The number of methoxy groups -OCH3 is 1. The number of allylic oxidation sites excluding steroid dienone is 1. The van der Waals surface area contributed by atoms with E-state index in [4.69, 9.17) is 29.4 Å². The Bertz CT molecular complexity index is 1820. The monoisotopic (exact) mass is 597 g/mol. The van der Waals surface area contributed by atoms with E-state index in [1.807, 2.05) is 0 Å². The molecule has 0 radical (unpaired) electrons. The number of halogens is 1. The summed E-state index contributed by atoms with van der Waals surface area (Å²) in [6.07, 6.45) is 0. The van der Waals surface area contributed by atoms with E-state index in [9.17, 15) is 24.6 Å². The van der Waals surface area contributed by atoms with Crippen LogP contribution in [0.1, 0.15) is 22.6 Å². The number of hydrogen-bond donors (Lipinski definition) is 1. The van der Waals surface area contributed by atoms with Crippen LogP contribution in [0.4, 0.5) is 10.1 Å². The van der Waals surface area contributed by atoms with Crippen LogP contribution in [0.25, 0.3) is 0 Å². The number of para-hydroxylation sites is 2. The van der Waals surface area contributed by atoms with Crippen molar-refractivity contribution in [1.29, 1.82) is 5.26 Å². The van der Waals surface area contributed by atoms with Gasteiger partial charge in [0.15, 0.2) is 23.9 Å². The van der Waals surface area contributed by atoms with E-state index < -0.39 is 23.4 Å². The summed E-state index contributed by atoms with van der Waals surface area (Å²) in [6, 6.07) is 23.7. The first-order valence-corrected chi connectivity index (χ1v) is 13.1. The van der Waals surface area contributed by atoms with Crippen molar-refractivity contribution in [2.45, 2.75) is 12.5 Å². The van der Waals surface area contributed by atoms with Gasteiger partial charge in [-0.05, 0) is 35.9 Å². The van der Waals surface area contributed by atoms with Crippen LogP contribution in [-0.4, -0.2) is 24.6 Å². The number of ether oxygens (including phenoxy) is 5. The molecule has 0 amide bonds. The predicted octanol–water partition coefficient (Wildman–Crippen LogP) is 5.52. The van der Waals surface area contributed by atoms with E-state index in [1.54, 1.807) is 48.5 Å². The minimum atomic E-state index is -0.813. The number of nitro benzene ring substituents is 1. The van der Waals surface area contributed by atoms with Crippen molar-refractivity contribution in [2.24, 2.45) is 5.73 Å². The summed E-state index contributed by atoms with van der Waals surface area (Å²) >= 11 is 0. The lowest BCUT2D eigenvalue weighted by Gasteiger charge is -2.27. The minimum absolute atomic E-state index is 0.0203. The highest BCUT2D eigenvalue weighted by atomic mass is 19.1. The second-order valence-corrected chi connectivity index (χ2v) is 9.40. The fourth-order valence-corrected chi connectivity index (χ4v) is 4.62. The maximum atomic E-state index is 14.1. The van der Waals surface area contributed by atoms with Crippen molar-refractivity contribution < 1.29 is 37.8 Å². The van der Waals surface area contributed by atoms with Crippen molar-refractivity contribution in [2.75, 3.05) is 13.7 Å². The van der Waals surface area contributed by atoms with E-state index in [2.05, 4.69) is 6.07 Å². The van der Waals surface area contributed by atoms with E-state index in [1.165, 1.54) is 43.5 Å². The summed E-state index contributed by atoms with van der Waals surface area (Å²) in [4.78, 5) is 23.0. The zero-order chi connectivity index (χ0) is 31.2. The van der Waals surface area contributed by atoms with Crippen molar-refractivity contribution >= 4 is 11.7 Å². The van der Waals surface area contributed by atoms with Gasteiger partial charge < -0.3 is 29.4 Å². The fourth-order valence-electron chi connectivity index (χ4n) is 4.62. The van der Waals surface area contributed by atoms with Crippen LogP contribution in [0.5, 0.6) is 28.7 Å². The molecular formula is C32H24FN3O8. The maximum Gasteiger partial charge on any atom is 0.349 e. The molecule has 1 atom stereocenters. The lowest BCUT2D eigenvalue weighted by atomic mass is 9.83. The molecular weight excluding hydrogens is 573 g/mol. The van der Waals surface area contributed by atoms with Crippen LogP contribution < -0.4 is 29.4 Å². The van der Waals surface area contributed by atoms with E-state index in [0.717, 1.165) is 0 Å². The second-order valence-electron chi connectivity index (χ2n) is 9.40. The predicted molar refractivity (Wildman–Crippen MR) is 154 cm³/mol. The number of carbonyl (C=O) groups excluding carboxylic acids is 1.